The van der Waals surface area contributed by atoms with Crippen LogP contribution >= 0.6 is 0 Å². The van der Waals surface area contributed by atoms with Gasteiger partial charge >= 0.3 is 0 Å². The standard InChI is InChI=1S/C22H21N5O3/c1-25-12-10-23-19(25)18-22(15-5-3-4-6-16(15)24-21(22)30)9-11-27(18)20(29)14-7-8-17(28)26(2)13-14/h3-8,10,12-13,18H,9,11H2,1-2H3,(H,24,30)/t18-,22+/m0/s1. The van der Waals surface area contributed by atoms with Crippen molar-refractivity contribution in [2.75, 3.05) is 11.9 Å². The number of aryl methyl sites for hydroxylation is 2. The second-order valence-corrected chi connectivity index (χ2v) is 7.89. The third kappa shape index (κ3) is 2.39. The fourth-order valence-corrected chi connectivity index (χ4v) is 4.79. The Morgan fingerprint density at radius 2 is 1.93 bits per heavy atom. The summed E-state index contributed by atoms with van der Waals surface area (Å²) >= 11 is 0. The van der Waals surface area contributed by atoms with Crippen molar-refractivity contribution in [2.45, 2.75) is 17.9 Å². The molecule has 30 heavy (non-hydrogen) atoms. The van der Waals surface area contributed by atoms with Gasteiger partial charge in [0.1, 0.15) is 17.3 Å². The van der Waals surface area contributed by atoms with Crippen LogP contribution in [0.15, 0.2) is 59.8 Å². The van der Waals surface area contributed by atoms with Crippen molar-refractivity contribution in [1.82, 2.24) is 19.0 Å². The smallest absolute Gasteiger partial charge is 0.256 e. The van der Waals surface area contributed by atoms with E-state index in [1.165, 1.54) is 22.9 Å². The van der Waals surface area contributed by atoms with Crippen LogP contribution < -0.4 is 10.9 Å². The van der Waals surface area contributed by atoms with Gasteiger partial charge in [-0.2, -0.15) is 0 Å². The van der Waals surface area contributed by atoms with Gasteiger partial charge in [-0.05, 0) is 24.1 Å². The fourth-order valence-electron chi connectivity index (χ4n) is 4.79. The Balaban J connectivity index is 1.67. The maximum absolute atomic E-state index is 13.5. The van der Waals surface area contributed by atoms with E-state index in [-0.39, 0.29) is 17.4 Å². The fraction of sp³-hybridized carbons (Fsp3) is 0.273. The van der Waals surface area contributed by atoms with Gasteiger partial charge in [-0.3, -0.25) is 14.4 Å². The number of amides is 2. The van der Waals surface area contributed by atoms with Crippen LogP contribution in [0.3, 0.4) is 0 Å². The summed E-state index contributed by atoms with van der Waals surface area (Å²) in [7, 11) is 3.48. The van der Waals surface area contributed by atoms with Crippen LogP contribution in [0.2, 0.25) is 0 Å². The Morgan fingerprint density at radius 3 is 2.67 bits per heavy atom. The molecule has 1 fully saturated rings. The van der Waals surface area contributed by atoms with Gasteiger partial charge in [0.2, 0.25) is 11.5 Å². The first-order valence-electron chi connectivity index (χ1n) is 9.79. The molecule has 5 rings (SSSR count). The SMILES string of the molecule is Cn1ccnc1[C@@H]1N(C(=O)c2ccc(=O)n(C)c2)CC[C@]12C(=O)Nc1ccccc12. The minimum absolute atomic E-state index is 0.118. The molecule has 0 unspecified atom stereocenters. The van der Waals surface area contributed by atoms with Crippen molar-refractivity contribution in [3.05, 3.63) is 82.3 Å². The molecule has 2 aliphatic rings. The zero-order valence-corrected chi connectivity index (χ0v) is 16.7. The number of carbonyl (C=O) groups is 2. The van der Waals surface area contributed by atoms with Crippen LogP contribution in [0, 0.1) is 0 Å². The molecule has 8 nitrogen and oxygen atoms in total. The van der Waals surface area contributed by atoms with Crippen LogP contribution in [0.1, 0.15) is 34.2 Å². The molecule has 0 aliphatic carbocycles. The number of hydrogen-bond acceptors (Lipinski definition) is 4. The van der Waals surface area contributed by atoms with E-state index >= 15 is 0 Å². The molecule has 3 aromatic rings. The Bertz CT molecular complexity index is 1240. The maximum atomic E-state index is 13.5. The molecule has 0 saturated carbocycles. The highest BCUT2D eigenvalue weighted by Gasteiger charge is 2.60. The van der Waals surface area contributed by atoms with Crippen LogP contribution in [0.4, 0.5) is 5.69 Å². The summed E-state index contributed by atoms with van der Waals surface area (Å²) in [5, 5.41) is 3.00. The molecule has 1 spiro atoms. The van der Waals surface area contributed by atoms with Gasteiger partial charge in [0, 0.05) is 51.0 Å². The topological polar surface area (TPSA) is 89.2 Å². The number of likely N-dealkylation sites (tertiary alicyclic amines) is 1. The number of para-hydroxylation sites is 1. The number of anilines is 1. The lowest BCUT2D eigenvalue weighted by molar-refractivity contribution is -0.121. The predicted molar refractivity (Wildman–Crippen MR) is 110 cm³/mol. The number of fused-ring (bicyclic) bond motifs is 2. The van der Waals surface area contributed by atoms with Crippen LogP contribution in [-0.2, 0) is 24.3 Å². The van der Waals surface area contributed by atoms with E-state index < -0.39 is 11.5 Å². The first-order chi connectivity index (χ1) is 14.4. The Hall–Kier alpha value is -3.68. The molecule has 2 atom stereocenters. The van der Waals surface area contributed by atoms with Gasteiger partial charge in [0.15, 0.2) is 0 Å². The zero-order valence-electron chi connectivity index (χ0n) is 16.7. The largest absolute Gasteiger partial charge is 0.336 e. The molecule has 152 valence electrons. The van der Waals surface area contributed by atoms with Crippen molar-refractivity contribution < 1.29 is 9.59 Å². The number of carbonyl (C=O) groups excluding carboxylic acids is 2. The Morgan fingerprint density at radius 1 is 1.13 bits per heavy atom. The number of pyridine rings is 1. The lowest BCUT2D eigenvalue weighted by Gasteiger charge is -2.33. The lowest BCUT2D eigenvalue weighted by atomic mass is 9.74. The Kier molecular flexibility index (Phi) is 3.92. The van der Waals surface area contributed by atoms with Gasteiger partial charge in [-0.25, -0.2) is 4.98 Å². The van der Waals surface area contributed by atoms with Crippen LogP contribution in [0.5, 0.6) is 0 Å². The van der Waals surface area contributed by atoms with Crippen LogP contribution in [0.25, 0.3) is 0 Å². The first-order valence-corrected chi connectivity index (χ1v) is 9.79. The third-order valence-corrected chi connectivity index (χ3v) is 6.28. The third-order valence-electron chi connectivity index (χ3n) is 6.28. The summed E-state index contributed by atoms with van der Waals surface area (Å²) in [6, 6.07) is 9.98. The van der Waals surface area contributed by atoms with E-state index in [0.717, 1.165) is 11.3 Å². The summed E-state index contributed by atoms with van der Waals surface area (Å²) in [4.78, 5) is 44.9. The quantitative estimate of drug-likeness (QED) is 0.704. The highest BCUT2D eigenvalue weighted by Crippen LogP contribution is 2.54. The highest BCUT2D eigenvalue weighted by molar-refractivity contribution is 6.08. The number of imidazole rings is 1. The van der Waals surface area contributed by atoms with Crippen molar-refractivity contribution in [3.8, 4) is 0 Å². The summed E-state index contributed by atoms with van der Waals surface area (Å²) < 4.78 is 3.24. The average Bonchev–Trinajstić information content (AvgIpc) is 3.41. The van der Waals surface area contributed by atoms with E-state index in [9.17, 15) is 14.4 Å². The minimum Gasteiger partial charge on any atom is -0.336 e. The predicted octanol–water partition coefficient (Wildman–Crippen LogP) is 1.60. The second kappa shape index (κ2) is 6.41. The number of benzene rings is 1. The molecular weight excluding hydrogens is 382 g/mol. The van der Waals surface area contributed by atoms with Crippen molar-refractivity contribution in [3.63, 3.8) is 0 Å². The van der Waals surface area contributed by atoms with E-state index in [1.54, 1.807) is 18.1 Å². The molecule has 4 heterocycles. The number of hydrogen-bond donors (Lipinski definition) is 1. The molecule has 0 bridgehead atoms. The summed E-state index contributed by atoms with van der Waals surface area (Å²) in [6.07, 6.45) is 5.52. The molecule has 2 aromatic heterocycles. The average molecular weight is 403 g/mol. The summed E-state index contributed by atoms with van der Waals surface area (Å²) in [6.45, 7) is 0.404. The normalized spacial score (nSPS) is 22.4. The summed E-state index contributed by atoms with van der Waals surface area (Å²) in [5.41, 5.74) is 0.970. The van der Waals surface area contributed by atoms with Gasteiger partial charge in [0.05, 0.1) is 5.56 Å². The number of rotatable bonds is 2. The number of aromatic nitrogens is 3. The van der Waals surface area contributed by atoms with Gasteiger partial charge in [0.25, 0.3) is 5.91 Å². The van der Waals surface area contributed by atoms with Crippen molar-refractivity contribution >= 4 is 17.5 Å². The second-order valence-electron chi connectivity index (χ2n) is 7.89. The molecule has 1 N–H and O–H groups in total. The van der Waals surface area contributed by atoms with Crippen molar-refractivity contribution in [1.29, 1.82) is 0 Å². The van der Waals surface area contributed by atoms with E-state index in [1.807, 2.05) is 42.1 Å². The molecule has 2 aliphatic heterocycles. The number of nitrogens with zero attached hydrogens (tertiary/aromatic N) is 4. The zero-order chi connectivity index (χ0) is 21.0. The van der Waals surface area contributed by atoms with E-state index in [2.05, 4.69) is 10.3 Å². The van der Waals surface area contributed by atoms with Crippen molar-refractivity contribution in [2.24, 2.45) is 14.1 Å². The van der Waals surface area contributed by atoms with E-state index in [0.29, 0.717) is 24.4 Å². The monoisotopic (exact) mass is 403 g/mol. The van der Waals surface area contributed by atoms with Gasteiger partial charge in [-0.15, -0.1) is 0 Å². The molecular formula is C22H21N5O3. The minimum atomic E-state index is -0.911. The highest BCUT2D eigenvalue weighted by atomic mass is 16.2. The van der Waals surface area contributed by atoms with Gasteiger partial charge in [-0.1, -0.05) is 18.2 Å². The van der Waals surface area contributed by atoms with Gasteiger partial charge < -0.3 is 19.4 Å². The summed E-state index contributed by atoms with van der Waals surface area (Å²) in [5.74, 6) is 0.303. The Labute approximate surface area is 172 Å². The maximum Gasteiger partial charge on any atom is 0.256 e. The molecule has 2 amide bonds. The van der Waals surface area contributed by atoms with E-state index in [4.69, 9.17) is 0 Å². The molecule has 8 heteroatoms. The lowest BCUT2D eigenvalue weighted by Crippen LogP contribution is -2.44. The number of nitrogens with one attached hydrogen (secondary N) is 1. The van der Waals surface area contributed by atoms with Crippen LogP contribution in [-0.4, -0.2) is 37.4 Å². The molecule has 1 aromatic carbocycles. The molecule has 0 radical (unpaired) electrons. The molecule has 1 saturated heterocycles. The first kappa shape index (κ1) is 18.4.